The largest absolute Gasteiger partial charge is 0.484 e. The molecule has 0 aliphatic carbocycles. The first-order chi connectivity index (χ1) is 14.2. The summed E-state index contributed by atoms with van der Waals surface area (Å²) in [4.78, 5) is 23.2. The van der Waals surface area contributed by atoms with Crippen molar-refractivity contribution in [3.05, 3.63) is 90.0 Å². The lowest BCUT2D eigenvalue weighted by molar-refractivity contribution is -0.123. The van der Waals surface area contributed by atoms with E-state index >= 15 is 0 Å². The Morgan fingerprint density at radius 3 is 2.21 bits per heavy atom. The Kier molecular flexibility index (Phi) is 6.73. The highest BCUT2D eigenvalue weighted by atomic mass is 16.5. The van der Waals surface area contributed by atoms with Gasteiger partial charge in [0.2, 0.25) is 0 Å². The van der Waals surface area contributed by atoms with E-state index in [-0.39, 0.29) is 12.5 Å². The molecule has 0 aliphatic rings. The number of ether oxygens (including phenoxy) is 2. The van der Waals surface area contributed by atoms with Crippen molar-refractivity contribution in [2.75, 3.05) is 13.7 Å². The average Bonchev–Trinajstić information content (AvgIpc) is 2.78. The van der Waals surface area contributed by atoms with Gasteiger partial charge in [0.1, 0.15) is 5.75 Å². The first-order valence-corrected chi connectivity index (χ1v) is 8.94. The van der Waals surface area contributed by atoms with Gasteiger partial charge in [0, 0.05) is 0 Å². The summed E-state index contributed by atoms with van der Waals surface area (Å²) in [5.74, 6) is -0.183. The molecule has 0 radical (unpaired) electrons. The highest BCUT2D eigenvalue weighted by molar-refractivity contribution is 5.90. The third-order valence-corrected chi connectivity index (χ3v) is 4.07. The normalized spacial score (nSPS) is 10.5. The van der Waals surface area contributed by atoms with Crippen LogP contribution in [0.4, 0.5) is 0 Å². The van der Waals surface area contributed by atoms with Crippen LogP contribution in [0.2, 0.25) is 0 Å². The number of carbonyl (C=O) groups is 2. The number of hydrogen-bond donors (Lipinski definition) is 1. The highest BCUT2D eigenvalue weighted by Gasteiger charge is 2.04. The Labute approximate surface area is 168 Å². The molecule has 0 unspecified atom stereocenters. The molecule has 0 atom stereocenters. The zero-order valence-corrected chi connectivity index (χ0v) is 15.9. The minimum absolute atomic E-state index is 0.150. The molecule has 0 bridgehead atoms. The maximum absolute atomic E-state index is 11.9. The quantitative estimate of drug-likeness (QED) is 0.381. The zero-order chi connectivity index (χ0) is 20.5. The van der Waals surface area contributed by atoms with Crippen molar-refractivity contribution < 1.29 is 19.1 Å². The minimum atomic E-state index is -0.407. The van der Waals surface area contributed by atoms with Crippen molar-refractivity contribution in [2.24, 2.45) is 5.10 Å². The summed E-state index contributed by atoms with van der Waals surface area (Å²) in [7, 11) is 1.33. The van der Waals surface area contributed by atoms with Crippen LogP contribution in [0.1, 0.15) is 15.9 Å². The molecule has 0 saturated heterocycles. The Morgan fingerprint density at radius 2 is 1.55 bits per heavy atom. The lowest BCUT2D eigenvalue weighted by Gasteiger charge is -2.06. The van der Waals surface area contributed by atoms with E-state index in [0.29, 0.717) is 11.3 Å². The molecule has 0 saturated carbocycles. The summed E-state index contributed by atoms with van der Waals surface area (Å²) in [6.45, 7) is -0.150. The molecule has 0 aliphatic heterocycles. The Bertz CT molecular complexity index is 982. The van der Waals surface area contributed by atoms with Crippen molar-refractivity contribution in [2.45, 2.75) is 0 Å². The standard InChI is InChI=1S/C23H20N2O4/c1-28-23(27)20-9-7-17(8-10-20)15-24-25-22(26)16-29-21-13-11-19(12-14-21)18-5-3-2-4-6-18/h2-15H,16H2,1H3,(H,25,26). The molecule has 0 spiro atoms. The summed E-state index contributed by atoms with van der Waals surface area (Å²) in [5.41, 5.74) is 5.77. The van der Waals surface area contributed by atoms with Crippen LogP contribution in [0.3, 0.4) is 0 Å². The van der Waals surface area contributed by atoms with Gasteiger partial charge in [-0.2, -0.15) is 5.10 Å². The molecular formula is C23H20N2O4. The van der Waals surface area contributed by atoms with Crippen LogP contribution < -0.4 is 10.2 Å². The molecule has 3 rings (SSSR count). The highest BCUT2D eigenvalue weighted by Crippen LogP contribution is 2.21. The lowest BCUT2D eigenvalue weighted by atomic mass is 10.1. The second-order valence-electron chi connectivity index (χ2n) is 6.09. The number of rotatable bonds is 7. The number of nitrogens with zero attached hydrogens (tertiary/aromatic N) is 1. The average molecular weight is 388 g/mol. The number of hydrazone groups is 1. The fraction of sp³-hybridized carbons (Fsp3) is 0.0870. The first-order valence-electron chi connectivity index (χ1n) is 8.94. The predicted molar refractivity (Wildman–Crippen MR) is 111 cm³/mol. The van der Waals surface area contributed by atoms with Gasteiger partial charge in [0.15, 0.2) is 6.61 Å². The summed E-state index contributed by atoms with van der Waals surface area (Å²) in [6.07, 6.45) is 1.48. The molecule has 3 aromatic rings. The van der Waals surface area contributed by atoms with Gasteiger partial charge in [-0.25, -0.2) is 10.2 Å². The van der Waals surface area contributed by atoms with Crippen LogP contribution in [0.5, 0.6) is 5.75 Å². The molecule has 0 aromatic heterocycles. The summed E-state index contributed by atoms with van der Waals surface area (Å²) in [5, 5.41) is 3.88. The van der Waals surface area contributed by atoms with Gasteiger partial charge in [-0.1, -0.05) is 54.6 Å². The van der Waals surface area contributed by atoms with Crippen molar-refractivity contribution in [3.8, 4) is 16.9 Å². The van der Waals surface area contributed by atoms with Crippen LogP contribution in [-0.4, -0.2) is 31.8 Å². The Balaban J connectivity index is 1.46. The third kappa shape index (κ3) is 5.77. The topological polar surface area (TPSA) is 77.0 Å². The number of hydrogen-bond acceptors (Lipinski definition) is 5. The zero-order valence-electron chi connectivity index (χ0n) is 15.9. The van der Waals surface area contributed by atoms with Gasteiger partial charge in [-0.3, -0.25) is 4.79 Å². The van der Waals surface area contributed by atoms with E-state index in [0.717, 1.165) is 16.7 Å². The predicted octanol–water partition coefficient (Wildman–Crippen LogP) is 3.67. The van der Waals surface area contributed by atoms with E-state index in [1.165, 1.54) is 13.3 Å². The fourth-order valence-electron chi connectivity index (χ4n) is 2.56. The van der Waals surface area contributed by atoms with E-state index < -0.39 is 5.97 Å². The number of methoxy groups -OCH3 is 1. The molecule has 146 valence electrons. The molecule has 1 N–H and O–H groups in total. The number of amides is 1. The number of nitrogens with one attached hydrogen (secondary N) is 1. The van der Waals surface area contributed by atoms with Crippen LogP contribution in [0, 0.1) is 0 Å². The van der Waals surface area contributed by atoms with Crippen LogP contribution >= 0.6 is 0 Å². The smallest absolute Gasteiger partial charge is 0.337 e. The first kappa shape index (κ1) is 19.8. The molecule has 6 heteroatoms. The van der Waals surface area contributed by atoms with Gasteiger partial charge in [0.05, 0.1) is 18.9 Å². The van der Waals surface area contributed by atoms with Crippen LogP contribution in [-0.2, 0) is 9.53 Å². The Morgan fingerprint density at radius 1 is 0.897 bits per heavy atom. The van der Waals surface area contributed by atoms with Crippen molar-refractivity contribution in [1.29, 1.82) is 0 Å². The maximum Gasteiger partial charge on any atom is 0.337 e. The molecule has 6 nitrogen and oxygen atoms in total. The van der Waals surface area contributed by atoms with E-state index in [9.17, 15) is 9.59 Å². The van der Waals surface area contributed by atoms with E-state index in [1.54, 1.807) is 24.3 Å². The van der Waals surface area contributed by atoms with Gasteiger partial charge in [0.25, 0.3) is 5.91 Å². The van der Waals surface area contributed by atoms with E-state index in [1.807, 2.05) is 54.6 Å². The van der Waals surface area contributed by atoms with Crippen molar-refractivity contribution in [1.82, 2.24) is 5.43 Å². The number of esters is 1. The van der Waals surface area contributed by atoms with Crippen LogP contribution in [0.25, 0.3) is 11.1 Å². The monoisotopic (exact) mass is 388 g/mol. The fourth-order valence-corrected chi connectivity index (χ4v) is 2.56. The van der Waals surface area contributed by atoms with Crippen molar-refractivity contribution in [3.63, 3.8) is 0 Å². The van der Waals surface area contributed by atoms with E-state index in [4.69, 9.17) is 4.74 Å². The molecule has 1 amide bonds. The SMILES string of the molecule is COC(=O)c1ccc(C=NNC(=O)COc2ccc(-c3ccccc3)cc2)cc1. The van der Waals surface area contributed by atoms with Gasteiger partial charge in [-0.15, -0.1) is 0 Å². The maximum atomic E-state index is 11.9. The second-order valence-corrected chi connectivity index (χ2v) is 6.09. The summed E-state index contributed by atoms with van der Waals surface area (Å²) >= 11 is 0. The van der Waals surface area contributed by atoms with Gasteiger partial charge in [-0.05, 0) is 41.0 Å². The van der Waals surface area contributed by atoms with Crippen molar-refractivity contribution >= 4 is 18.1 Å². The molecule has 0 fully saturated rings. The third-order valence-electron chi connectivity index (χ3n) is 4.07. The lowest BCUT2D eigenvalue weighted by Crippen LogP contribution is -2.24. The molecule has 0 heterocycles. The summed E-state index contributed by atoms with van der Waals surface area (Å²) < 4.78 is 10.1. The van der Waals surface area contributed by atoms with Gasteiger partial charge >= 0.3 is 5.97 Å². The Hall–Kier alpha value is -3.93. The minimum Gasteiger partial charge on any atom is -0.484 e. The number of carbonyl (C=O) groups excluding carboxylic acids is 2. The molecular weight excluding hydrogens is 368 g/mol. The van der Waals surface area contributed by atoms with E-state index in [2.05, 4.69) is 15.3 Å². The van der Waals surface area contributed by atoms with Crippen LogP contribution in [0.15, 0.2) is 84.0 Å². The number of benzene rings is 3. The second kappa shape index (κ2) is 9.85. The molecule has 3 aromatic carbocycles. The van der Waals surface area contributed by atoms with Gasteiger partial charge < -0.3 is 9.47 Å². The molecule has 29 heavy (non-hydrogen) atoms. The summed E-state index contributed by atoms with van der Waals surface area (Å²) in [6, 6.07) is 24.2.